The molecule has 0 heterocycles. The maximum Gasteiger partial charge on any atom is 0.0599 e. The molecule has 12 heavy (non-hydrogen) atoms. The van der Waals surface area contributed by atoms with Crippen molar-refractivity contribution in [1.82, 2.24) is 0 Å². The van der Waals surface area contributed by atoms with Crippen molar-refractivity contribution in [3.8, 4) is 0 Å². The van der Waals surface area contributed by atoms with Crippen LogP contribution in [-0.4, -0.2) is 22.2 Å². The van der Waals surface area contributed by atoms with E-state index in [1.54, 1.807) is 0 Å². The van der Waals surface area contributed by atoms with Gasteiger partial charge < -0.3 is 5.11 Å². The molecule has 0 aromatic rings. The van der Waals surface area contributed by atoms with E-state index in [4.69, 9.17) is 0 Å². The second kappa shape index (κ2) is 5.87. The van der Waals surface area contributed by atoms with Crippen molar-refractivity contribution in [3.05, 3.63) is 0 Å². The van der Waals surface area contributed by atoms with Crippen LogP contribution in [0.4, 0.5) is 0 Å². The molecule has 0 aliphatic carbocycles. The molecule has 0 fully saturated rings. The second-order valence-corrected chi connectivity index (χ2v) is 5.58. The molecule has 0 aromatic carbocycles. The summed E-state index contributed by atoms with van der Waals surface area (Å²) in [5.41, 5.74) is -0.481. The minimum atomic E-state index is -0.481. The Hall–Kier alpha value is 0.310. The molecule has 74 valence electrons. The Kier molecular flexibility index (Phi) is 6.02. The third kappa shape index (κ3) is 10.3. The van der Waals surface area contributed by atoms with Crippen molar-refractivity contribution >= 4 is 11.8 Å². The van der Waals surface area contributed by atoms with Gasteiger partial charge in [0.1, 0.15) is 0 Å². The Morgan fingerprint density at radius 3 is 2.25 bits per heavy atom. The lowest BCUT2D eigenvalue weighted by Gasteiger charge is -2.16. The molecular formula is C10H22OS. The van der Waals surface area contributed by atoms with Gasteiger partial charge in [0.2, 0.25) is 0 Å². The Morgan fingerprint density at radius 1 is 1.25 bits per heavy atom. The molecule has 0 aromatic heterocycles. The minimum Gasteiger partial charge on any atom is -0.390 e. The molecule has 0 unspecified atom stereocenters. The summed E-state index contributed by atoms with van der Waals surface area (Å²) >= 11 is 1.95. The van der Waals surface area contributed by atoms with Crippen molar-refractivity contribution < 1.29 is 5.11 Å². The Bertz CT molecular complexity index is 105. The summed E-state index contributed by atoms with van der Waals surface area (Å²) in [5.74, 6) is 3.11. The maximum atomic E-state index is 9.41. The largest absolute Gasteiger partial charge is 0.390 e. The summed E-state index contributed by atoms with van der Waals surface area (Å²) in [5, 5.41) is 9.41. The first-order valence-corrected chi connectivity index (χ1v) is 5.87. The van der Waals surface area contributed by atoms with Crippen LogP contribution in [0.3, 0.4) is 0 Å². The van der Waals surface area contributed by atoms with Crippen LogP contribution < -0.4 is 0 Å². The van der Waals surface area contributed by atoms with Crippen LogP contribution in [0.2, 0.25) is 0 Å². The SMILES string of the molecule is CC(C)CCSCCC(C)(C)O. The molecule has 0 amide bonds. The molecule has 0 radical (unpaired) electrons. The van der Waals surface area contributed by atoms with Gasteiger partial charge in [-0.1, -0.05) is 13.8 Å². The summed E-state index contributed by atoms with van der Waals surface area (Å²) in [7, 11) is 0. The third-order valence-electron chi connectivity index (χ3n) is 1.70. The van der Waals surface area contributed by atoms with Crippen LogP contribution in [-0.2, 0) is 0 Å². The molecule has 1 N–H and O–H groups in total. The first-order chi connectivity index (χ1) is 5.42. The Balaban J connectivity index is 3.12. The number of aliphatic hydroxyl groups is 1. The van der Waals surface area contributed by atoms with E-state index >= 15 is 0 Å². The lowest BCUT2D eigenvalue weighted by molar-refractivity contribution is 0.0778. The van der Waals surface area contributed by atoms with Gasteiger partial charge in [-0.2, -0.15) is 11.8 Å². The minimum absolute atomic E-state index is 0.481. The van der Waals surface area contributed by atoms with Crippen LogP contribution in [0.5, 0.6) is 0 Å². The second-order valence-electron chi connectivity index (χ2n) is 4.36. The maximum absolute atomic E-state index is 9.41. The summed E-state index contributed by atoms with van der Waals surface area (Å²) in [4.78, 5) is 0. The van der Waals surface area contributed by atoms with Gasteiger partial charge >= 0.3 is 0 Å². The molecule has 0 saturated carbocycles. The Labute approximate surface area is 80.9 Å². The van der Waals surface area contributed by atoms with Gasteiger partial charge in [-0.3, -0.25) is 0 Å². The van der Waals surface area contributed by atoms with Crippen LogP contribution in [0.25, 0.3) is 0 Å². The van der Waals surface area contributed by atoms with Crippen molar-refractivity contribution in [3.63, 3.8) is 0 Å². The monoisotopic (exact) mass is 190 g/mol. The van der Waals surface area contributed by atoms with Gasteiger partial charge in [0.15, 0.2) is 0 Å². The van der Waals surface area contributed by atoms with E-state index in [0.717, 1.165) is 18.1 Å². The van der Waals surface area contributed by atoms with Gasteiger partial charge in [-0.25, -0.2) is 0 Å². The standard InChI is InChI=1S/C10H22OS/c1-9(2)5-7-12-8-6-10(3,4)11/h9,11H,5-8H2,1-4H3. The third-order valence-corrected chi connectivity index (χ3v) is 2.71. The zero-order chi connectivity index (χ0) is 9.61. The first-order valence-electron chi connectivity index (χ1n) is 4.72. The highest BCUT2D eigenvalue weighted by molar-refractivity contribution is 7.99. The van der Waals surface area contributed by atoms with Crippen molar-refractivity contribution in [2.45, 2.75) is 46.1 Å². The van der Waals surface area contributed by atoms with Gasteiger partial charge in [0, 0.05) is 0 Å². The van der Waals surface area contributed by atoms with E-state index in [1.807, 2.05) is 25.6 Å². The van der Waals surface area contributed by atoms with Crippen molar-refractivity contribution in [2.75, 3.05) is 11.5 Å². The normalized spacial score (nSPS) is 12.5. The predicted octanol–water partition coefficient (Wildman–Crippen LogP) is 2.93. The topological polar surface area (TPSA) is 20.2 Å². The lowest BCUT2D eigenvalue weighted by Crippen LogP contribution is -2.19. The van der Waals surface area contributed by atoms with Gasteiger partial charge in [0.05, 0.1) is 5.60 Å². The van der Waals surface area contributed by atoms with Crippen molar-refractivity contribution in [1.29, 1.82) is 0 Å². The van der Waals surface area contributed by atoms with Crippen molar-refractivity contribution in [2.24, 2.45) is 5.92 Å². The smallest absolute Gasteiger partial charge is 0.0599 e. The fourth-order valence-electron chi connectivity index (χ4n) is 0.743. The molecule has 0 bridgehead atoms. The van der Waals surface area contributed by atoms with Crippen LogP contribution in [0.1, 0.15) is 40.5 Å². The highest BCUT2D eigenvalue weighted by atomic mass is 32.2. The quantitative estimate of drug-likeness (QED) is 0.650. The zero-order valence-corrected chi connectivity index (χ0v) is 9.58. The first kappa shape index (κ1) is 12.3. The molecule has 0 aliphatic rings. The number of hydrogen-bond donors (Lipinski definition) is 1. The summed E-state index contributed by atoms with van der Waals surface area (Å²) < 4.78 is 0. The van der Waals surface area contributed by atoms with Gasteiger partial charge in [-0.15, -0.1) is 0 Å². The Morgan fingerprint density at radius 2 is 1.83 bits per heavy atom. The summed E-state index contributed by atoms with van der Waals surface area (Å²) in [6.07, 6.45) is 2.19. The zero-order valence-electron chi connectivity index (χ0n) is 8.76. The van der Waals surface area contributed by atoms with Gasteiger partial charge in [0.25, 0.3) is 0 Å². The summed E-state index contributed by atoms with van der Waals surface area (Å²) in [6, 6.07) is 0. The molecule has 0 atom stereocenters. The van der Waals surface area contributed by atoms with E-state index < -0.39 is 5.60 Å². The molecule has 0 aliphatic heterocycles. The molecule has 0 saturated heterocycles. The summed E-state index contributed by atoms with van der Waals surface area (Å²) in [6.45, 7) is 8.24. The average Bonchev–Trinajstić information content (AvgIpc) is 1.83. The predicted molar refractivity (Wildman–Crippen MR) is 57.7 cm³/mol. The van der Waals surface area contributed by atoms with E-state index in [1.165, 1.54) is 12.2 Å². The lowest BCUT2D eigenvalue weighted by atomic mass is 10.1. The van der Waals surface area contributed by atoms with E-state index in [-0.39, 0.29) is 0 Å². The number of rotatable bonds is 6. The van der Waals surface area contributed by atoms with E-state index in [2.05, 4.69) is 13.8 Å². The molecule has 1 nitrogen and oxygen atoms in total. The number of thioether (sulfide) groups is 1. The highest BCUT2D eigenvalue weighted by Crippen LogP contribution is 2.15. The average molecular weight is 190 g/mol. The molecular weight excluding hydrogens is 168 g/mol. The van der Waals surface area contributed by atoms with E-state index in [9.17, 15) is 5.11 Å². The molecule has 0 spiro atoms. The fourth-order valence-corrected chi connectivity index (χ4v) is 2.23. The van der Waals surface area contributed by atoms with Crippen LogP contribution >= 0.6 is 11.8 Å². The van der Waals surface area contributed by atoms with E-state index in [0.29, 0.717) is 0 Å². The fraction of sp³-hybridized carbons (Fsp3) is 1.00. The molecule has 2 heteroatoms. The number of hydrogen-bond acceptors (Lipinski definition) is 2. The highest BCUT2D eigenvalue weighted by Gasteiger charge is 2.10. The van der Waals surface area contributed by atoms with Crippen LogP contribution in [0, 0.1) is 5.92 Å². The van der Waals surface area contributed by atoms with Crippen LogP contribution in [0.15, 0.2) is 0 Å². The molecule has 0 rings (SSSR count). The van der Waals surface area contributed by atoms with Gasteiger partial charge in [-0.05, 0) is 44.1 Å².